The van der Waals surface area contributed by atoms with Crippen LogP contribution in [0.15, 0.2) is 34.7 Å². The number of hydrogen-bond acceptors (Lipinski definition) is 5. The smallest absolute Gasteiger partial charge is 0.247 e. The lowest BCUT2D eigenvalue weighted by Crippen LogP contribution is -2.42. The molecule has 7 heteroatoms. The molecule has 0 saturated carbocycles. The third kappa shape index (κ3) is 3.29. The molecule has 0 N–H and O–H groups in total. The van der Waals surface area contributed by atoms with Gasteiger partial charge in [-0.15, -0.1) is 10.2 Å². The largest absolute Gasteiger partial charge is 0.421 e. The van der Waals surface area contributed by atoms with Gasteiger partial charge in [-0.1, -0.05) is 18.2 Å². The molecule has 1 saturated heterocycles. The quantitative estimate of drug-likeness (QED) is 0.828. The number of rotatable bonds is 5. The van der Waals surface area contributed by atoms with Gasteiger partial charge in [-0.05, 0) is 18.6 Å². The predicted molar refractivity (Wildman–Crippen MR) is 86.9 cm³/mol. The van der Waals surface area contributed by atoms with Crippen molar-refractivity contribution in [2.75, 3.05) is 20.6 Å². The maximum Gasteiger partial charge on any atom is 0.247 e. The maximum atomic E-state index is 12.3. The summed E-state index contributed by atoms with van der Waals surface area (Å²) in [5.41, 5.74) is 0.847. The molecule has 0 unspecified atom stereocenters. The van der Waals surface area contributed by atoms with Crippen molar-refractivity contribution in [2.24, 2.45) is 0 Å². The van der Waals surface area contributed by atoms with Crippen molar-refractivity contribution in [3.05, 3.63) is 36.2 Å². The first-order valence-electron chi connectivity index (χ1n) is 7.94. The number of nitrogens with zero attached hydrogens (tertiary/aromatic N) is 4. The van der Waals surface area contributed by atoms with Crippen LogP contribution in [0.1, 0.15) is 18.7 Å². The average Bonchev–Trinajstić information content (AvgIpc) is 3.21. The van der Waals surface area contributed by atoms with E-state index in [9.17, 15) is 9.59 Å². The van der Waals surface area contributed by atoms with Crippen molar-refractivity contribution < 1.29 is 14.0 Å². The van der Waals surface area contributed by atoms with E-state index in [0.29, 0.717) is 31.2 Å². The Balaban J connectivity index is 1.57. The Morgan fingerprint density at radius 3 is 2.75 bits per heavy atom. The Labute approximate surface area is 140 Å². The minimum absolute atomic E-state index is 0.00463. The number of carbonyl (C=O) groups excluding carboxylic acids is 2. The first-order valence-corrected chi connectivity index (χ1v) is 7.94. The highest BCUT2D eigenvalue weighted by molar-refractivity contribution is 5.88. The molecule has 0 radical (unpaired) electrons. The van der Waals surface area contributed by atoms with Gasteiger partial charge in [0.25, 0.3) is 0 Å². The number of aryl methyl sites for hydroxylation is 1. The molecule has 24 heavy (non-hydrogen) atoms. The molecule has 1 aromatic carbocycles. The van der Waals surface area contributed by atoms with Crippen LogP contribution in [-0.4, -0.2) is 58.5 Å². The van der Waals surface area contributed by atoms with Gasteiger partial charge >= 0.3 is 0 Å². The molecular weight excluding hydrogens is 308 g/mol. The Morgan fingerprint density at radius 1 is 1.33 bits per heavy atom. The summed E-state index contributed by atoms with van der Waals surface area (Å²) in [5.74, 6) is 0.766. The normalized spacial score (nSPS) is 17.3. The van der Waals surface area contributed by atoms with Crippen LogP contribution < -0.4 is 0 Å². The van der Waals surface area contributed by atoms with Crippen molar-refractivity contribution in [3.8, 4) is 11.5 Å². The fraction of sp³-hybridized carbons (Fsp3) is 0.412. The minimum atomic E-state index is -0.356. The van der Waals surface area contributed by atoms with Crippen LogP contribution in [0.25, 0.3) is 11.5 Å². The highest BCUT2D eigenvalue weighted by Crippen LogP contribution is 2.19. The summed E-state index contributed by atoms with van der Waals surface area (Å²) >= 11 is 0. The van der Waals surface area contributed by atoms with E-state index < -0.39 is 0 Å². The van der Waals surface area contributed by atoms with Gasteiger partial charge in [0.2, 0.25) is 23.6 Å². The van der Waals surface area contributed by atoms with Crippen LogP contribution in [-0.2, 0) is 16.0 Å². The van der Waals surface area contributed by atoms with Crippen molar-refractivity contribution in [2.45, 2.75) is 25.3 Å². The molecule has 0 aliphatic carbocycles. The predicted octanol–water partition coefficient (Wildman–Crippen LogP) is 1.36. The molecule has 2 heterocycles. The summed E-state index contributed by atoms with van der Waals surface area (Å²) in [6, 6.07) is 9.12. The molecular formula is C17H20N4O3. The number of carbonyl (C=O) groups is 2. The van der Waals surface area contributed by atoms with Gasteiger partial charge in [0, 0.05) is 39.0 Å². The van der Waals surface area contributed by atoms with Gasteiger partial charge in [-0.25, -0.2) is 0 Å². The number of aromatic nitrogens is 2. The lowest BCUT2D eigenvalue weighted by atomic mass is 10.2. The fourth-order valence-corrected chi connectivity index (χ4v) is 2.78. The zero-order valence-corrected chi connectivity index (χ0v) is 13.8. The molecule has 7 nitrogen and oxygen atoms in total. The van der Waals surface area contributed by atoms with Gasteiger partial charge in [0.15, 0.2) is 0 Å². The van der Waals surface area contributed by atoms with Gasteiger partial charge in [-0.3, -0.25) is 9.59 Å². The Hall–Kier alpha value is -2.70. The van der Waals surface area contributed by atoms with Crippen molar-refractivity contribution in [1.82, 2.24) is 20.0 Å². The number of likely N-dealkylation sites (tertiary alicyclic amines) is 1. The summed E-state index contributed by atoms with van der Waals surface area (Å²) < 4.78 is 5.60. The van der Waals surface area contributed by atoms with Crippen LogP contribution in [0.4, 0.5) is 0 Å². The van der Waals surface area contributed by atoms with Crippen LogP contribution in [0.5, 0.6) is 0 Å². The minimum Gasteiger partial charge on any atom is -0.421 e. The number of likely N-dealkylation sites (N-methyl/N-ethyl adjacent to an activating group) is 2. The van der Waals surface area contributed by atoms with E-state index in [-0.39, 0.29) is 24.3 Å². The molecule has 1 fully saturated rings. The van der Waals surface area contributed by atoms with E-state index >= 15 is 0 Å². The lowest BCUT2D eigenvalue weighted by molar-refractivity contribution is -0.140. The second kappa shape index (κ2) is 6.82. The van der Waals surface area contributed by atoms with Crippen molar-refractivity contribution in [1.29, 1.82) is 0 Å². The molecule has 0 bridgehead atoms. The highest BCUT2D eigenvalue weighted by atomic mass is 16.4. The molecule has 2 amide bonds. The van der Waals surface area contributed by atoms with Crippen LogP contribution in [0, 0.1) is 0 Å². The molecule has 2 aromatic rings. The van der Waals surface area contributed by atoms with Gasteiger partial charge in [0.05, 0.1) is 0 Å². The van der Waals surface area contributed by atoms with Crippen molar-refractivity contribution >= 4 is 11.8 Å². The summed E-state index contributed by atoms with van der Waals surface area (Å²) in [7, 11) is 3.43. The molecule has 126 valence electrons. The highest BCUT2D eigenvalue weighted by Gasteiger charge is 2.34. The monoisotopic (exact) mass is 328 g/mol. The third-order valence-electron chi connectivity index (χ3n) is 4.30. The van der Waals surface area contributed by atoms with E-state index in [0.717, 1.165) is 5.56 Å². The third-order valence-corrected chi connectivity index (χ3v) is 4.30. The Morgan fingerprint density at radius 2 is 2.08 bits per heavy atom. The molecule has 1 aromatic heterocycles. The standard InChI is InChI=1S/C17H20N4O3/c1-20-11-10-13(17(20)23)21(2)15(22)9-8-14-18-19-16(24-14)12-6-4-3-5-7-12/h3-7,13H,8-11H2,1-2H3/t13-/m0/s1. The van der Waals surface area contributed by atoms with E-state index in [1.165, 1.54) is 4.90 Å². The van der Waals surface area contributed by atoms with E-state index in [1.807, 2.05) is 30.3 Å². The SMILES string of the molecule is CN1CC[C@H](N(C)C(=O)CCc2nnc(-c3ccccc3)o2)C1=O. The van der Waals surface area contributed by atoms with Crippen LogP contribution >= 0.6 is 0 Å². The summed E-state index contributed by atoms with van der Waals surface area (Å²) in [4.78, 5) is 27.5. The molecule has 0 spiro atoms. The average molecular weight is 328 g/mol. The topological polar surface area (TPSA) is 79.5 Å². The van der Waals surface area contributed by atoms with E-state index in [4.69, 9.17) is 4.42 Å². The van der Waals surface area contributed by atoms with Gasteiger partial charge in [-0.2, -0.15) is 0 Å². The molecule has 1 atom stereocenters. The summed E-state index contributed by atoms with van der Waals surface area (Å²) in [5, 5.41) is 7.99. The first-order chi connectivity index (χ1) is 11.6. The lowest BCUT2D eigenvalue weighted by Gasteiger charge is -2.22. The zero-order valence-electron chi connectivity index (χ0n) is 13.8. The molecule has 1 aliphatic heterocycles. The van der Waals surface area contributed by atoms with Crippen LogP contribution in [0.2, 0.25) is 0 Å². The van der Waals surface area contributed by atoms with Gasteiger partial charge < -0.3 is 14.2 Å². The van der Waals surface area contributed by atoms with E-state index in [1.54, 1.807) is 19.0 Å². The molecule has 3 rings (SSSR count). The maximum absolute atomic E-state index is 12.3. The number of benzene rings is 1. The summed E-state index contributed by atoms with van der Waals surface area (Å²) in [6.07, 6.45) is 1.27. The Bertz CT molecular complexity index is 728. The second-order valence-electron chi connectivity index (χ2n) is 5.94. The first kappa shape index (κ1) is 16.2. The summed E-state index contributed by atoms with van der Waals surface area (Å²) in [6.45, 7) is 0.686. The van der Waals surface area contributed by atoms with Gasteiger partial charge in [0.1, 0.15) is 6.04 Å². The van der Waals surface area contributed by atoms with E-state index in [2.05, 4.69) is 10.2 Å². The van der Waals surface area contributed by atoms with Crippen LogP contribution in [0.3, 0.4) is 0 Å². The zero-order chi connectivity index (χ0) is 17.1. The van der Waals surface area contributed by atoms with Crippen molar-refractivity contribution in [3.63, 3.8) is 0 Å². The number of amides is 2. The fourth-order valence-electron chi connectivity index (χ4n) is 2.78. The second-order valence-corrected chi connectivity index (χ2v) is 5.94. The number of hydrogen-bond donors (Lipinski definition) is 0. The molecule has 1 aliphatic rings. The Kier molecular flexibility index (Phi) is 4.59.